The molecule has 132 valence electrons. The van der Waals surface area contributed by atoms with Gasteiger partial charge in [-0.1, -0.05) is 24.3 Å². The van der Waals surface area contributed by atoms with Crippen molar-refractivity contribution in [3.63, 3.8) is 0 Å². The van der Waals surface area contributed by atoms with E-state index in [1.165, 1.54) is 0 Å². The Kier molecular flexibility index (Phi) is 5.66. The summed E-state index contributed by atoms with van der Waals surface area (Å²) in [6, 6.07) is 11.9. The molecule has 1 aliphatic rings. The van der Waals surface area contributed by atoms with Gasteiger partial charge in [-0.15, -0.1) is 0 Å². The molecule has 1 saturated heterocycles. The summed E-state index contributed by atoms with van der Waals surface area (Å²) < 4.78 is 5.84. The monoisotopic (exact) mass is 340 g/mol. The van der Waals surface area contributed by atoms with E-state index in [4.69, 9.17) is 4.74 Å². The van der Waals surface area contributed by atoms with Crippen molar-refractivity contribution >= 4 is 5.97 Å². The molecule has 1 N–H and O–H groups in total. The second-order valence-corrected chi connectivity index (χ2v) is 6.33. The van der Waals surface area contributed by atoms with Crippen LogP contribution < -0.4 is 4.74 Å². The molecule has 3 rings (SSSR count). The maximum atomic E-state index is 11.5. The zero-order valence-corrected chi connectivity index (χ0v) is 14.5. The summed E-state index contributed by atoms with van der Waals surface area (Å²) in [6.07, 6.45) is 5.23. The number of para-hydroxylation sites is 1. The molecule has 0 amide bonds. The summed E-state index contributed by atoms with van der Waals surface area (Å²) in [5, 5.41) is 9.45. The molecule has 0 aliphatic carbocycles. The lowest BCUT2D eigenvalue weighted by atomic mass is 9.91. The molecule has 2 atom stereocenters. The molecular weight excluding hydrogens is 316 g/mol. The van der Waals surface area contributed by atoms with E-state index in [9.17, 15) is 9.90 Å². The number of ether oxygens (including phenoxy) is 1. The van der Waals surface area contributed by atoms with Gasteiger partial charge in [-0.25, -0.2) is 0 Å². The molecule has 0 saturated carbocycles. The van der Waals surface area contributed by atoms with Crippen LogP contribution in [0.25, 0.3) is 0 Å². The number of carbonyl (C=O) groups is 1. The van der Waals surface area contributed by atoms with E-state index in [0.29, 0.717) is 13.2 Å². The highest BCUT2D eigenvalue weighted by Crippen LogP contribution is 2.36. The van der Waals surface area contributed by atoms with Crippen LogP contribution >= 0.6 is 0 Å². The Morgan fingerprint density at radius 2 is 2.20 bits per heavy atom. The van der Waals surface area contributed by atoms with Crippen molar-refractivity contribution in [1.82, 2.24) is 9.88 Å². The first kappa shape index (κ1) is 17.4. The summed E-state index contributed by atoms with van der Waals surface area (Å²) in [6.45, 7) is 3.96. The molecule has 25 heavy (non-hydrogen) atoms. The van der Waals surface area contributed by atoms with Crippen molar-refractivity contribution in [3.8, 4) is 5.75 Å². The number of likely N-dealkylation sites (tertiary alicyclic amines) is 1. The standard InChI is InChI=1S/C20H24N2O3/c1-2-25-18-10-4-3-9-17(18)19(15-7-5-11-21-13-15)22-12-6-8-16(14-22)20(23)24/h3-5,7,9-11,13,16,19H,2,6,8,12,14H2,1H3,(H,23,24). The first-order chi connectivity index (χ1) is 12.2. The normalized spacial score (nSPS) is 19.3. The first-order valence-corrected chi connectivity index (χ1v) is 8.79. The summed E-state index contributed by atoms with van der Waals surface area (Å²) in [7, 11) is 0. The van der Waals surface area contributed by atoms with Crippen molar-refractivity contribution in [2.45, 2.75) is 25.8 Å². The fraction of sp³-hybridized carbons (Fsp3) is 0.400. The predicted molar refractivity (Wildman–Crippen MR) is 95.6 cm³/mol. The molecule has 1 fully saturated rings. The smallest absolute Gasteiger partial charge is 0.307 e. The van der Waals surface area contributed by atoms with Gasteiger partial charge in [-0.05, 0) is 44.0 Å². The number of hydrogen-bond donors (Lipinski definition) is 1. The van der Waals surface area contributed by atoms with Gasteiger partial charge in [0.15, 0.2) is 0 Å². The second-order valence-electron chi connectivity index (χ2n) is 6.33. The van der Waals surface area contributed by atoms with Gasteiger partial charge >= 0.3 is 5.97 Å². The van der Waals surface area contributed by atoms with Crippen LogP contribution in [0.15, 0.2) is 48.8 Å². The molecule has 5 nitrogen and oxygen atoms in total. The summed E-state index contributed by atoms with van der Waals surface area (Å²) in [4.78, 5) is 18.0. The number of hydrogen-bond acceptors (Lipinski definition) is 4. The van der Waals surface area contributed by atoms with Crippen LogP contribution in [-0.4, -0.2) is 40.7 Å². The molecule has 2 aromatic rings. The lowest BCUT2D eigenvalue weighted by Crippen LogP contribution is -2.41. The van der Waals surface area contributed by atoms with E-state index in [2.05, 4.69) is 16.0 Å². The minimum atomic E-state index is -0.715. The van der Waals surface area contributed by atoms with Gasteiger partial charge in [0.25, 0.3) is 0 Å². The quantitative estimate of drug-likeness (QED) is 0.873. The van der Waals surface area contributed by atoms with Gasteiger partial charge in [-0.3, -0.25) is 14.7 Å². The number of aliphatic carboxylic acids is 1. The SMILES string of the molecule is CCOc1ccccc1C(c1cccnc1)N1CCCC(C(=O)O)C1. The third-order valence-corrected chi connectivity index (χ3v) is 4.68. The molecule has 0 spiro atoms. The van der Waals surface area contributed by atoms with Gasteiger partial charge in [-0.2, -0.15) is 0 Å². The van der Waals surface area contributed by atoms with Gasteiger partial charge in [0, 0.05) is 24.5 Å². The highest BCUT2D eigenvalue weighted by molar-refractivity contribution is 5.70. The van der Waals surface area contributed by atoms with E-state index in [0.717, 1.165) is 36.3 Å². The number of carboxylic acids is 1. The van der Waals surface area contributed by atoms with Gasteiger partial charge in [0.1, 0.15) is 5.75 Å². The fourth-order valence-electron chi connectivity index (χ4n) is 3.56. The van der Waals surface area contributed by atoms with Crippen LogP contribution in [0.2, 0.25) is 0 Å². The highest BCUT2D eigenvalue weighted by atomic mass is 16.5. The van der Waals surface area contributed by atoms with E-state index >= 15 is 0 Å². The molecule has 0 bridgehead atoms. The zero-order chi connectivity index (χ0) is 17.6. The maximum absolute atomic E-state index is 11.5. The minimum absolute atomic E-state index is 0.0569. The van der Waals surface area contributed by atoms with E-state index in [1.54, 1.807) is 6.20 Å². The van der Waals surface area contributed by atoms with Crippen LogP contribution in [0.4, 0.5) is 0 Å². The van der Waals surface area contributed by atoms with Crippen molar-refractivity contribution in [2.24, 2.45) is 5.92 Å². The van der Waals surface area contributed by atoms with Crippen LogP contribution in [0.5, 0.6) is 5.75 Å². The number of piperidine rings is 1. The van der Waals surface area contributed by atoms with Crippen LogP contribution in [-0.2, 0) is 4.79 Å². The number of pyridine rings is 1. The summed E-state index contributed by atoms with van der Waals surface area (Å²) >= 11 is 0. The van der Waals surface area contributed by atoms with Gasteiger partial charge in [0.05, 0.1) is 18.6 Å². The van der Waals surface area contributed by atoms with Crippen molar-refractivity contribution in [1.29, 1.82) is 0 Å². The maximum Gasteiger partial charge on any atom is 0.307 e. The zero-order valence-electron chi connectivity index (χ0n) is 14.5. The average Bonchev–Trinajstić information content (AvgIpc) is 2.65. The predicted octanol–water partition coefficient (Wildman–Crippen LogP) is 3.37. The number of carboxylic acid groups (broad SMARTS) is 1. The highest BCUT2D eigenvalue weighted by Gasteiger charge is 2.32. The van der Waals surface area contributed by atoms with E-state index < -0.39 is 5.97 Å². The molecule has 1 aliphatic heterocycles. The third kappa shape index (κ3) is 3.99. The lowest BCUT2D eigenvalue weighted by molar-refractivity contribution is -0.143. The summed E-state index contributed by atoms with van der Waals surface area (Å²) in [5.41, 5.74) is 2.11. The number of benzene rings is 1. The minimum Gasteiger partial charge on any atom is -0.494 e. The Balaban J connectivity index is 2.01. The third-order valence-electron chi connectivity index (χ3n) is 4.68. The number of nitrogens with zero attached hydrogens (tertiary/aromatic N) is 2. The molecule has 0 radical (unpaired) electrons. The Morgan fingerprint density at radius 1 is 1.36 bits per heavy atom. The Morgan fingerprint density at radius 3 is 2.92 bits per heavy atom. The fourth-order valence-corrected chi connectivity index (χ4v) is 3.56. The average molecular weight is 340 g/mol. The van der Waals surface area contributed by atoms with Crippen LogP contribution in [0, 0.1) is 5.92 Å². The molecule has 2 unspecified atom stereocenters. The van der Waals surface area contributed by atoms with Crippen molar-refractivity contribution < 1.29 is 14.6 Å². The Bertz CT molecular complexity index is 705. The molecule has 1 aromatic heterocycles. The van der Waals surface area contributed by atoms with Crippen molar-refractivity contribution in [3.05, 3.63) is 59.9 Å². The van der Waals surface area contributed by atoms with E-state index in [1.807, 2.05) is 43.5 Å². The Labute approximate surface area is 148 Å². The van der Waals surface area contributed by atoms with Gasteiger partial charge < -0.3 is 9.84 Å². The topological polar surface area (TPSA) is 62.7 Å². The summed E-state index contributed by atoms with van der Waals surface area (Å²) in [5.74, 6) is -0.198. The van der Waals surface area contributed by atoms with Crippen molar-refractivity contribution in [2.75, 3.05) is 19.7 Å². The molecule has 5 heteroatoms. The van der Waals surface area contributed by atoms with E-state index in [-0.39, 0.29) is 12.0 Å². The van der Waals surface area contributed by atoms with Crippen LogP contribution in [0.3, 0.4) is 0 Å². The second kappa shape index (κ2) is 8.12. The number of rotatable bonds is 6. The van der Waals surface area contributed by atoms with Gasteiger partial charge in [0.2, 0.25) is 0 Å². The van der Waals surface area contributed by atoms with Crippen LogP contribution in [0.1, 0.15) is 36.9 Å². The molecule has 1 aromatic carbocycles. The first-order valence-electron chi connectivity index (χ1n) is 8.79. The largest absolute Gasteiger partial charge is 0.494 e. The number of aromatic nitrogens is 1. The lowest BCUT2D eigenvalue weighted by Gasteiger charge is -2.38. The molecule has 2 heterocycles. The molecular formula is C20H24N2O3. The Hall–Kier alpha value is -2.40.